The summed E-state index contributed by atoms with van der Waals surface area (Å²) in [6, 6.07) is 0.0713. The summed E-state index contributed by atoms with van der Waals surface area (Å²) in [5.74, 6) is 0.819. The Morgan fingerprint density at radius 1 is 0.833 bits per heavy atom. The predicted molar refractivity (Wildman–Crippen MR) is 75.1 cm³/mol. The van der Waals surface area contributed by atoms with E-state index in [2.05, 4.69) is 10.6 Å². The number of hydrogen-bond donors (Lipinski definition) is 6. The highest BCUT2D eigenvalue weighted by Crippen LogP contribution is 2.10. The molecule has 0 bridgehead atoms. The minimum Gasteiger partial charge on any atom is -0.330 e. The van der Waals surface area contributed by atoms with Gasteiger partial charge in [0.1, 0.15) is 11.7 Å². The van der Waals surface area contributed by atoms with Crippen molar-refractivity contribution >= 4 is 11.7 Å². The zero-order valence-electron chi connectivity index (χ0n) is 11.0. The molecular formula is C12H26N6. The van der Waals surface area contributed by atoms with Crippen LogP contribution in [0.4, 0.5) is 0 Å². The Kier molecular flexibility index (Phi) is 6.85. The molecule has 0 aromatic rings. The van der Waals surface area contributed by atoms with Gasteiger partial charge < -0.3 is 16.8 Å². The molecule has 0 aromatic heterocycles. The molecular weight excluding hydrogens is 228 g/mol. The van der Waals surface area contributed by atoms with Crippen LogP contribution in [0.5, 0.6) is 0 Å². The van der Waals surface area contributed by atoms with Crippen molar-refractivity contribution in [3.63, 3.8) is 0 Å². The Labute approximate surface area is 109 Å². The van der Waals surface area contributed by atoms with Gasteiger partial charge in [-0.15, -0.1) is 0 Å². The number of nitrogens with two attached hydrogens (primary N) is 2. The third-order valence-corrected chi connectivity index (χ3v) is 3.26. The topological polar surface area (TPSA) is 124 Å². The maximum atomic E-state index is 7.85. The van der Waals surface area contributed by atoms with E-state index in [-0.39, 0.29) is 12.1 Å². The number of amidine groups is 2. The quantitative estimate of drug-likeness (QED) is 0.344. The fourth-order valence-electron chi connectivity index (χ4n) is 2.17. The van der Waals surface area contributed by atoms with E-state index in [1.807, 2.05) is 0 Å². The summed E-state index contributed by atoms with van der Waals surface area (Å²) in [5.41, 5.74) is 10.9. The van der Waals surface area contributed by atoms with E-state index in [1.54, 1.807) is 0 Å². The lowest BCUT2D eigenvalue weighted by Crippen LogP contribution is -2.61. The zero-order valence-corrected chi connectivity index (χ0v) is 11.0. The molecule has 0 saturated carbocycles. The number of rotatable bonds is 8. The predicted octanol–water partition coefficient (Wildman–Crippen LogP) is 0.129. The summed E-state index contributed by atoms with van der Waals surface area (Å²) in [5, 5.41) is 22.0. The summed E-state index contributed by atoms with van der Waals surface area (Å²) in [4.78, 5) is 0. The van der Waals surface area contributed by atoms with Gasteiger partial charge in [-0.2, -0.15) is 0 Å². The van der Waals surface area contributed by atoms with Gasteiger partial charge in [-0.3, -0.25) is 16.1 Å². The molecule has 104 valence electrons. The largest absolute Gasteiger partial charge is 0.330 e. The van der Waals surface area contributed by atoms with Crippen LogP contribution < -0.4 is 22.1 Å². The number of nitrogens with one attached hydrogen (secondary N) is 4. The summed E-state index contributed by atoms with van der Waals surface area (Å²) in [7, 11) is 0. The first kappa shape index (κ1) is 15.1. The molecule has 2 atom stereocenters. The van der Waals surface area contributed by atoms with Gasteiger partial charge in [-0.1, -0.05) is 12.8 Å². The van der Waals surface area contributed by atoms with E-state index < -0.39 is 0 Å². The van der Waals surface area contributed by atoms with Crippen LogP contribution in [-0.2, 0) is 0 Å². The molecule has 2 unspecified atom stereocenters. The number of hydrogen-bond acceptors (Lipinski definition) is 5. The van der Waals surface area contributed by atoms with Gasteiger partial charge in [0.25, 0.3) is 0 Å². The van der Waals surface area contributed by atoms with Gasteiger partial charge in [0, 0.05) is 0 Å². The van der Waals surface area contributed by atoms with E-state index in [4.69, 9.17) is 22.3 Å². The van der Waals surface area contributed by atoms with Gasteiger partial charge in [0.05, 0.1) is 12.1 Å². The smallest absolute Gasteiger partial charge is 0.116 e. The molecule has 6 nitrogen and oxygen atoms in total. The third-order valence-electron chi connectivity index (χ3n) is 3.26. The standard InChI is InChI=1S/C12H26N6/c13-7-3-1-5-9-11(15)18-12(16)10(17-9)6-2-4-8-14/h9-10,17H,1-8,13-14H2,(H3,15,16,18). The molecule has 0 aliphatic carbocycles. The van der Waals surface area contributed by atoms with Gasteiger partial charge in [-0.25, -0.2) is 0 Å². The van der Waals surface area contributed by atoms with Crippen molar-refractivity contribution in [1.29, 1.82) is 10.8 Å². The maximum absolute atomic E-state index is 7.85. The molecule has 0 aromatic carbocycles. The lowest BCUT2D eigenvalue weighted by Gasteiger charge is -2.33. The Balaban J connectivity index is 2.39. The minimum absolute atomic E-state index is 0.0357. The molecule has 1 aliphatic rings. The van der Waals surface area contributed by atoms with Crippen molar-refractivity contribution in [1.82, 2.24) is 10.6 Å². The number of unbranched alkanes of at least 4 members (excludes halogenated alkanes) is 2. The molecule has 1 saturated heterocycles. The lowest BCUT2D eigenvalue weighted by molar-refractivity contribution is 0.463. The third kappa shape index (κ3) is 4.72. The van der Waals surface area contributed by atoms with E-state index in [0.29, 0.717) is 24.8 Å². The monoisotopic (exact) mass is 254 g/mol. The van der Waals surface area contributed by atoms with Crippen LogP contribution in [0.1, 0.15) is 38.5 Å². The van der Waals surface area contributed by atoms with Gasteiger partial charge in [-0.05, 0) is 38.8 Å². The second kappa shape index (κ2) is 8.18. The average molecular weight is 254 g/mol. The molecule has 1 rings (SSSR count). The van der Waals surface area contributed by atoms with Crippen molar-refractivity contribution in [3.05, 3.63) is 0 Å². The van der Waals surface area contributed by atoms with Crippen LogP contribution in [0.25, 0.3) is 0 Å². The Bertz CT molecular complexity index is 252. The minimum atomic E-state index is 0.0357. The molecule has 0 amide bonds. The van der Waals surface area contributed by atoms with E-state index >= 15 is 0 Å². The van der Waals surface area contributed by atoms with Crippen LogP contribution in [0.3, 0.4) is 0 Å². The van der Waals surface area contributed by atoms with Crippen LogP contribution in [0, 0.1) is 10.8 Å². The van der Waals surface area contributed by atoms with Crippen molar-refractivity contribution in [2.24, 2.45) is 11.5 Å². The Morgan fingerprint density at radius 2 is 1.28 bits per heavy atom. The molecule has 8 N–H and O–H groups in total. The van der Waals surface area contributed by atoms with Crippen molar-refractivity contribution in [2.45, 2.75) is 50.6 Å². The second-order valence-electron chi connectivity index (χ2n) is 4.79. The molecule has 1 aliphatic heterocycles. The summed E-state index contributed by atoms with van der Waals surface area (Å²) in [6.07, 6.45) is 5.82. The fourth-order valence-corrected chi connectivity index (χ4v) is 2.17. The highest BCUT2D eigenvalue weighted by atomic mass is 15.2. The first-order valence-electron chi connectivity index (χ1n) is 6.79. The first-order valence-corrected chi connectivity index (χ1v) is 6.79. The van der Waals surface area contributed by atoms with Gasteiger partial charge >= 0.3 is 0 Å². The van der Waals surface area contributed by atoms with Crippen molar-refractivity contribution in [3.8, 4) is 0 Å². The van der Waals surface area contributed by atoms with Gasteiger partial charge in [0.2, 0.25) is 0 Å². The average Bonchev–Trinajstić information content (AvgIpc) is 2.34. The molecule has 1 fully saturated rings. The maximum Gasteiger partial charge on any atom is 0.116 e. The Hall–Kier alpha value is -0.980. The fraction of sp³-hybridized carbons (Fsp3) is 0.833. The molecule has 6 heteroatoms. The summed E-state index contributed by atoms with van der Waals surface area (Å²) < 4.78 is 0. The van der Waals surface area contributed by atoms with Crippen molar-refractivity contribution < 1.29 is 0 Å². The van der Waals surface area contributed by atoms with E-state index in [0.717, 1.165) is 38.5 Å². The van der Waals surface area contributed by atoms with E-state index in [1.165, 1.54) is 0 Å². The van der Waals surface area contributed by atoms with Gasteiger partial charge in [0.15, 0.2) is 0 Å². The lowest BCUT2D eigenvalue weighted by atomic mass is 10.00. The van der Waals surface area contributed by atoms with Crippen LogP contribution in [-0.4, -0.2) is 36.8 Å². The normalized spacial score (nSPS) is 24.1. The second-order valence-corrected chi connectivity index (χ2v) is 4.79. The van der Waals surface area contributed by atoms with Crippen LogP contribution in [0.15, 0.2) is 0 Å². The van der Waals surface area contributed by atoms with E-state index in [9.17, 15) is 0 Å². The van der Waals surface area contributed by atoms with Crippen molar-refractivity contribution in [2.75, 3.05) is 13.1 Å². The highest BCUT2D eigenvalue weighted by Gasteiger charge is 2.28. The zero-order chi connectivity index (χ0) is 13.4. The molecule has 18 heavy (non-hydrogen) atoms. The molecule has 0 spiro atoms. The summed E-state index contributed by atoms with van der Waals surface area (Å²) >= 11 is 0. The Morgan fingerprint density at radius 3 is 1.67 bits per heavy atom. The SMILES string of the molecule is N=C1NC(=N)C(CCCCN)NC1CCCCN. The first-order chi connectivity index (χ1) is 8.69. The number of piperazine rings is 1. The molecule has 1 heterocycles. The van der Waals surface area contributed by atoms with Crippen LogP contribution in [0.2, 0.25) is 0 Å². The highest BCUT2D eigenvalue weighted by molar-refractivity contribution is 6.05. The molecule has 0 radical (unpaired) electrons. The summed E-state index contributed by atoms with van der Waals surface area (Å²) in [6.45, 7) is 1.40. The van der Waals surface area contributed by atoms with Crippen LogP contribution >= 0.6 is 0 Å².